The van der Waals surface area contributed by atoms with E-state index >= 15 is 0 Å². The second kappa shape index (κ2) is 7.41. The molecule has 0 aliphatic rings. The molecule has 1 heterocycles. The van der Waals surface area contributed by atoms with Gasteiger partial charge >= 0.3 is 0 Å². The van der Waals surface area contributed by atoms with E-state index in [0.29, 0.717) is 6.04 Å². The largest absolute Gasteiger partial charge is 0.311 e. The van der Waals surface area contributed by atoms with Gasteiger partial charge in [-0.25, -0.2) is 0 Å². The van der Waals surface area contributed by atoms with E-state index < -0.39 is 0 Å². The summed E-state index contributed by atoms with van der Waals surface area (Å²) in [6.07, 6.45) is 3.36. The average molecular weight is 294 g/mol. The Balaban J connectivity index is 2.63. The first-order valence-electron chi connectivity index (χ1n) is 8.01. The van der Waals surface area contributed by atoms with Crippen LogP contribution in [0.3, 0.4) is 0 Å². The van der Waals surface area contributed by atoms with Crippen LogP contribution < -0.4 is 5.32 Å². The standard InChI is InChI=1S/C17H34N4/c1-13(2)9-15(20(6)7)11-18-10-14-12-21(8)19-16(14)17(3,4)5/h12-13,15,18H,9-11H2,1-8H3. The zero-order valence-electron chi connectivity index (χ0n) is 15.2. The highest BCUT2D eigenvalue weighted by molar-refractivity contribution is 5.23. The van der Waals surface area contributed by atoms with Gasteiger partial charge in [-0.05, 0) is 26.4 Å². The van der Waals surface area contributed by atoms with Crippen LogP contribution >= 0.6 is 0 Å². The highest BCUT2D eigenvalue weighted by Crippen LogP contribution is 2.24. The molecule has 0 amide bonds. The molecule has 21 heavy (non-hydrogen) atoms. The Bertz CT molecular complexity index is 426. The van der Waals surface area contributed by atoms with Crippen molar-refractivity contribution in [1.29, 1.82) is 0 Å². The van der Waals surface area contributed by atoms with Gasteiger partial charge in [0.2, 0.25) is 0 Å². The van der Waals surface area contributed by atoms with Crippen LogP contribution in [0, 0.1) is 5.92 Å². The van der Waals surface area contributed by atoms with Crippen molar-refractivity contribution in [1.82, 2.24) is 20.0 Å². The molecule has 0 saturated heterocycles. The Morgan fingerprint density at radius 1 is 1.29 bits per heavy atom. The Morgan fingerprint density at radius 2 is 1.90 bits per heavy atom. The summed E-state index contributed by atoms with van der Waals surface area (Å²) in [6.45, 7) is 13.2. The highest BCUT2D eigenvalue weighted by atomic mass is 15.3. The van der Waals surface area contributed by atoms with Crippen LogP contribution in [0.15, 0.2) is 6.20 Å². The van der Waals surface area contributed by atoms with Crippen LogP contribution in [0.25, 0.3) is 0 Å². The summed E-state index contributed by atoms with van der Waals surface area (Å²) in [6, 6.07) is 0.583. The molecule has 4 nitrogen and oxygen atoms in total. The van der Waals surface area contributed by atoms with Gasteiger partial charge in [0, 0.05) is 43.4 Å². The summed E-state index contributed by atoms with van der Waals surface area (Å²) in [5, 5.41) is 8.25. The zero-order chi connectivity index (χ0) is 16.2. The summed E-state index contributed by atoms with van der Waals surface area (Å²) in [7, 11) is 6.33. The van der Waals surface area contributed by atoms with E-state index in [1.165, 1.54) is 17.7 Å². The number of aryl methyl sites for hydroxylation is 1. The van der Waals surface area contributed by atoms with Crippen LogP contribution in [-0.4, -0.2) is 41.4 Å². The van der Waals surface area contributed by atoms with E-state index in [-0.39, 0.29) is 5.41 Å². The first-order valence-corrected chi connectivity index (χ1v) is 8.01. The van der Waals surface area contributed by atoms with Crippen molar-refractivity contribution in [2.75, 3.05) is 20.6 Å². The molecule has 0 bridgehead atoms. The molecule has 0 aliphatic carbocycles. The molecule has 1 rings (SSSR count). The normalized spacial score (nSPS) is 14.2. The number of likely N-dealkylation sites (N-methyl/N-ethyl adjacent to an activating group) is 1. The van der Waals surface area contributed by atoms with Gasteiger partial charge in [-0.3, -0.25) is 4.68 Å². The van der Waals surface area contributed by atoms with E-state index in [1.54, 1.807) is 0 Å². The maximum atomic E-state index is 4.63. The predicted octanol–water partition coefficient (Wildman–Crippen LogP) is 2.78. The van der Waals surface area contributed by atoms with Gasteiger partial charge < -0.3 is 10.2 Å². The van der Waals surface area contributed by atoms with Crippen molar-refractivity contribution >= 4 is 0 Å². The Morgan fingerprint density at radius 3 is 2.38 bits per heavy atom. The van der Waals surface area contributed by atoms with Gasteiger partial charge in [0.1, 0.15) is 0 Å². The SMILES string of the molecule is CC(C)CC(CNCc1cn(C)nc1C(C)(C)C)N(C)C. The lowest BCUT2D eigenvalue weighted by atomic mass is 9.89. The van der Waals surface area contributed by atoms with Gasteiger partial charge in [-0.2, -0.15) is 5.10 Å². The van der Waals surface area contributed by atoms with Gasteiger partial charge in [-0.1, -0.05) is 34.6 Å². The molecule has 0 fully saturated rings. The van der Waals surface area contributed by atoms with Crippen LogP contribution in [0.1, 0.15) is 52.3 Å². The second-order valence-corrected chi connectivity index (χ2v) is 7.80. The molecule has 0 aliphatic heterocycles. The third-order valence-corrected chi connectivity index (χ3v) is 3.78. The van der Waals surface area contributed by atoms with Crippen LogP contribution in [0.5, 0.6) is 0 Å². The molecule has 0 radical (unpaired) electrons. The number of hydrogen-bond donors (Lipinski definition) is 1. The van der Waals surface area contributed by atoms with Crippen LogP contribution in [0.4, 0.5) is 0 Å². The summed E-state index contributed by atoms with van der Waals surface area (Å²) in [5.41, 5.74) is 2.60. The second-order valence-electron chi connectivity index (χ2n) is 7.80. The topological polar surface area (TPSA) is 33.1 Å². The first-order chi connectivity index (χ1) is 9.61. The van der Waals surface area contributed by atoms with Gasteiger partial charge in [0.15, 0.2) is 0 Å². The molecular weight excluding hydrogens is 260 g/mol. The van der Waals surface area contributed by atoms with Gasteiger partial charge in [-0.15, -0.1) is 0 Å². The predicted molar refractivity (Wildman–Crippen MR) is 90.5 cm³/mol. The zero-order valence-corrected chi connectivity index (χ0v) is 15.2. The van der Waals surface area contributed by atoms with E-state index in [1.807, 2.05) is 11.7 Å². The molecular formula is C17H34N4. The van der Waals surface area contributed by atoms with Gasteiger partial charge in [0.25, 0.3) is 0 Å². The van der Waals surface area contributed by atoms with E-state index in [2.05, 4.69) is 70.2 Å². The Labute approximate surface area is 130 Å². The van der Waals surface area contributed by atoms with Crippen LogP contribution in [-0.2, 0) is 19.0 Å². The summed E-state index contributed by atoms with van der Waals surface area (Å²) in [5.74, 6) is 0.725. The quantitative estimate of drug-likeness (QED) is 0.839. The molecule has 0 spiro atoms. The lowest BCUT2D eigenvalue weighted by molar-refractivity contribution is 0.246. The number of hydrogen-bond acceptors (Lipinski definition) is 3. The maximum Gasteiger partial charge on any atom is 0.0722 e. The fourth-order valence-corrected chi connectivity index (χ4v) is 2.69. The molecule has 1 unspecified atom stereocenters. The van der Waals surface area contributed by atoms with Crippen molar-refractivity contribution in [2.45, 2.75) is 59.0 Å². The molecule has 122 valence electrons. The molecule has 1 aromatic rings. The van der Waals surface area contributed by atoms with Crippen molar-refractivity contribution < 1.29 is 0 Å². The van der Waals surface area contributed by atoms with Crippen molar-refractivity contribution in [3.63, 3.8) is 0 Å². The lowest BCUT2D eigenvalue weighted by Crippen LogP contribution is -2.38. The average Bonchev–Trinajstić information content (AvgIpc) is 2.68. The Hall–Kier alpha value is -0.870. The third kappa shape index (κ3) is 5.79. The monoisotopic (exact) mass is 294 g/mol. The molecule has 1 atom stereocenters. The maximum absolute atomic E-state index is 4.63. The van der Waals surface area contributed by atoms with E-state index in [9.17, 15) is 0 Å². The third-order valence-electron chi connectivity index (χ3n) is 3.78. The van der Waals surface area contributed by atoms with Crippen molar-refractivity contribution in [2.24, 2.45) is 13.0 Å². The molecule has 0 saturated carbocycles. The van der Waals surface area contributed by atoms with Crippen LogP contribution in [0.2, 0.25) is 0 Å². The van der Waals surface area contributed by atoms with E-state index in [0.717, 1.165) is 19.0 Å². The van der Waals surface area contributed by atoms with E-state index in [4.69, 9.17) is 0 Å². The minimum atomic E-state index is 0.0944. The minimum absolute atomic E-state index is 0.0944. The fourth-order valence-electron chi connectivity index (χ4n) is 2.69. The van der Waals surface area contributed by atoms with Crippen molar-refractivity contribution in [3.8, 4) is 0 Å². The molecule has 0 aromatic carbocycles. The highest BCUT2D eigenvalue weighted by Gasteiger charge is 2.22. The number of rotatable bonds is 7. The minimum Gasteiger partial charge on any atom is -0.311 e. The first kappa shape index (κ1) is 18.2. The Kier molecular flexibility index (Phi) is 6.41. The number of nitrogens with one attached hydrogen (secondary N) is 1. The summed E-state index contributed by atoms with van der Waals surface area (Å²) < 4.78 is 1.93. The molecule has 4 heteroatoms. The smallest absolute Gasteiger partial charge is 0.0722 e. The molecule has 1 N–H and O–H groups in total. The number of nitrogens with zero attached hydrogens (tertiary/aromatic N) is 3. The van der Waals surface area contributed by atoms with Gasteiger partial charge in [0.05, 0.1) is 5.69 Å². The number of aromatic nitrogens is 2. The van der Waals surface area contributed by atoms with Crippen molar-refractivity contribution in [3.05, 3.63) is 17.5 Å². The lowest BCUT2D eigenvalue weighted by Gasteiger charge is -2.26. The fraction of sp³-hybridized carbons (Fsp3) is 0.824. The molecule has 1 aromatic heterocycles. The summed E-state index contributed by atoms with van der Waals surface area (Å²) >= 11 is 0. The summed E-state index contributed by atoms with van der Waals surface area (Å²) in [4.78, 5) is 2.32.